The van der Waals surface area contributed by atoms with E-state index in [1.54, 1.807) is 13.0 Å². The summed E-state index contributed by atoms with van der Waals surface area (Å²) in [4.78, 5) is 10.8. The third kappa shape index (κ3) is 2.94. The van der Waals surface area contributed by atoms with E-state index in [1.165, 1.54) is 6.26 Å². The molecule has 0 aromatic carbocycles. The van der Waals surface area contributed by atoms with Crippen LogP contribution in [-0.4, -0.2) is 17.3 Å². The average Bonchev–Trinajstić information content (AvgIpc) is 2.47. The fraction of sp³-hybridized carbons (Fsp3) is 0.375. The zero-order chi connectivity index (χ0) is 9.84. The van der Waals surface area contributed by atoms with Crippen LogP contribution in [0, 0.1) is 6.92 Å². The minimum atomic E-state index is -0.587. The molecule has 5 heteroatoms. The smallest absolute Gasteiger partial charge is 0.254 e. The summed E-state index contributed by atoms with van der Waals surface area (Å²) in [6, 6.07) is 1.60. The van der Waals surface area contributed by atoms with E-state index in [-0.39, 0.29) is 12.5 Å². The van der Waals surface area contributed by atoms with Crippen molar-refractivity contribution in [3.63, 3.8) is 0 Å². The van der Waals surface area contributed by atoms with Gasteiger partial charge in [0.2, 0.25) is 0 Å². The molecule has 0 spiro atoms. The van der Waals surface area contributed by atoms with Crippen LogP contribution in [-0.2, 0) is 0 Å². The topological polar surface area (TPSA) is 42.2 Å². The number of halogens is 2. The number of amides is 1. The Morgan fingerprint density at radius 1 is 1.69 bits per heavy atom. The average molecular weight is 222 g/mol. The number of furan rings is 1. The summed E-state index contributed by atoms with van der Waals surface area (Å²) in [5, 5.41) is 2.56. The predicted molar refractivity (Wildman–Crippen MR) is 51.3 cm³/mol. The highest BCUT2D eigenvalue weighted by Gasteiger charge is 2.11. The maximum atomic E-state index is 11.3. The van der Waals surface area contributed by atoms with Crippen molar-refractivity contribution >= 4 is 29.1 Å². The van der Waals surface area contributed by atoms with Gasteiger partial charge in [0.1, 0.15) is 10.6 Å². The molecule has 0 bridgehead atoms. The van der Waals surface area contributed by atoms with Crippen LogP contribution in [0.2, 0.25) is 0 Å². The Hall–Kier alpha value is -0.670. The summed E-state index contributed by atoms with van der Waals surface area (Å²) in [5.41, 5.74) is 0.508. The van der Waals surface area contributed by atoms with Crippen molar-refractivity contribution in [2.75, 3.05) is 6.54 Å². The monoisotopic (exact) mass is 221 g/mol. The van der Waals surface area contributed by atoms with E-state index in [0.29, 0.717) is 11.3 Å². The van der Waals surface area contributed by atoms with E-state index in [2.05, 4.69) is 5.32 Å². The third-order valence-corrected chi connectivity index (χ3v) is 1.83. The molecule has 1 aromatic rings. The Labute approximate surface area is 86.0 Å². The van der Waals surface area contributed by atoms with Crippen molar-refractivity contribution < 1.29 is 9.21 Å². The molecule has 0 atom stereocenters. The van der Waals surface area contributed by atoms with E-state index in [0.717, 1.165) is 0 Å². The lowest BCUT2D eigenvalue weighted by molar-refractivity contribution is 0.0953. The maximum Gasteiger partial charge on any atom is 0.254 e. The Bertz CT molecular complexity index is 296. The zero-order valence-corrected chi connectivity index (χ0v) is 8.52. The molecule has 1 amide bonds. The predicted octanol–water partition coefficient (Wildman–Crippen LogP) is 2.12. The zero-order valence-electron chi connectivity index (χ0n) is 7.01. The summed E-state index contributed by atoms with van der Waals surface area (Å²) >= 11 is 10.9. The highest BCUT2D eigenvalue weighted by Crippen LogP contribution is 2.08. The van der Waals surface area contributed by atoms with Gasteiger partial charge in [-0.05, 0) is 13.0 Å². The minimum absolute atomic E-state index is 0.224. The van der Waals surface area contributed by atoms with Gasteiger partial charge in [0.25, 0.3) is 5.91 Å². The van der Waals surface area contributed by atoms with Gasteiger partial charge in [0.15, 0.2) is 0 Å². The van der Waals surface area contributed by atoms with E-state index < -0.39 is 4.84 Å². The van der Waals surface area contributed by atoms with Gasteiger partial charge in [0, 0.05) is 6.54 Å². The minimum Gasteiger partial charge on any atom is -0.469 e. The second-order valence-corrected chi connectivity index (χ2v) is 3.77. The molecule has 1 N–H and O–H groups in total. The molecule has 1 heterocycles. The van der Waals surface area contributed by atoms with Gasteiger partial charge in [0.05, 0.1) is 11.8 Å². The fourth-order valence-electron chi connectivity index (χ4n) is 0.886. The first-order chi connectivity index (χ1) is 6.11. The highest BCUT2D eigenvalue weighted by atomic mass is 35.5. The first-order valence-electron chi connectivity index (χ1n) is 3.71. The molecule has 0 saturated heterocycles. The van der Waals surface area contributed by atoms with Gasteiger partial charge in [-0.25, -0.2) is 0 Å². The largest absolute Gasteiger partial charge is 0.469 e. The van der Waals surface area contributed by atoms with Crippen molar-refractivity contribution in [3.8, 4) is 0 Å². The second-order valence-electron chi connectivity index (χ2n) is 2.49. The van der Waals surface area contributed by atoms with Crippen LogP contribution in [0.3, 0.4) is 0 Å². The molecule has 0 radical (unpaired) electrons. The summed E-state index contributed by atoms with van der Waals surface area (Å²) in [6.45, 7) is 1.94. The lowest BCUT2D eigenvalue weighted by Crippen LogP contribution is -2.27. The van der Waals surface area contributed by atoms with Crippen molar-refractivity contribution in [2.45, 2.75) is 11.8 Å². The molecular weight excluding hydrogens is 213 g/mol. The third-order valence-electron chi connectivity index (χ3n) is 1.52. The number of alkyl halides is 2. The SMILES string of the molecule is Cc1occc1C(=O)NCC(Cl)Cl. The first-order valence-corrected chi connectivity index (χ1v) is 4.59. The summed E-state index contributed by atoms with van der Waals surface area (Å²) in [7, 11) is 0. The van der Waals surface area contributed by atoms with Crippen molar-refractivity contribution in [1.29, 1.82) is 0 Å². The number of rotatable bonds is 3. The van der Waals surface area contributed by atoms with Gasteiger partial charge < -0.3 is 9.73 Å². The number of aryl methyl sites for hydroxylation is 1. The van der Waals surface area contributed by atoms with E-state index in [4.69, 9.17) is 27.6 Å². The molecule has 0 fully saturated rings. The molecule has 3 nitrogen and oxygen atoms in total. The van der Waals surface area contributed by atoms with E-state index in [1.807, 2.05) is 0 Å². The molecule has 0 saturated carbocycles. The lowest BCUT2D eigenvalue weighted by atomic mass is 10.2. The van der Waals surface area contributed by atoms with Gasteiger partial charge in [-0.3, -0.25) is 4.79 Å². The quantitative estimate of drug-likeness (QED) is 0.796. The van der Waals surface area contributed by atoms with Crippen molar-refractivity contribution in [2.24, 2.45) is 0 Å². The summed E-state index contributed by atoms with van der Waals surface area (Å²) < 4.78 is 4.97. The van der Waals surface area contributed by atoms with Crippen LogP contribution in [0.25, 0.3) is 0 Å². The van der Waals surface area contributed by atoms with Crippen molar-refractivity contribution in [1.82, 2.24) is 5.32 Å². The molecule has 72 valence electrons. The van der Waals surface area contributed by atoms with Crippen molar-refractivity contribution in [3.05, 3.63) is 23.7 Å². The Morgan fingerprint density at radius 3 is 2.85 bits per heavy atom. The molecule has 0 aliphatic carbocycles. The Kier molecular flexibility index (Phi) is 3.63. The lowest BCUT2D eigenvalue weighted by Gasteiger charge is -2.03. The Morgan fingerprint density at radius 2 is 2.38 bits per heavy atom. The fourth-order valence-corrected chi connectivity index (χ4v) is 1.04. The van der Waals surface area contributed by atoms with Gasteiger partial charge in [-0.2, -0.15) is 0 Å². The number of hydrogen-bond donors (Lipinski definition) is 1. The maximum absolute atomic E-state index is 11.3. The van der Waals surface area contributed by atoms with Crippen LogP contribution >= 0.6 is 23.2 Å². The Balaban J connectivity index is 2.54. The van der Waals surface area contributed by atoms with Crippen LogP contribution in [0.5, 0.6) is 0 Å². The summed E-state index contributed by atoms with van der Waals surface area (Å²) in [6.07, 6.45) is 1.46. The summed E-state index contributed by atoms with van der Waals surface area (Å²) in [5.74, 6) is 0.357. The van der Waals surface area contributed by atoms with Crippen LogP contribution < -0.4 is 5.32 Å². The molecular formula is C8H9Cl2NO2. The number of carbonyl (C=O) groups is 1. The van der Waals surface area contributed by atoms with Gasteiger partial charge in [-0.1, -0.05) is 0 Å². The molecule has 1 aromatic heterocycles. The first kappa shape index (κ1) is 10.4. The number of nitrogens with one attached hydrogen (secondary N) is 1. The van der Waals surface area contributed by atoms with Gasteiger partial charge in [-0.15, -0.1) is 23.2 Å². The van der Waals surface area contributed by atoms with Crippen LogP contribution in [0.4, 0.5) is 0 Å². The second kappa shape index (κ2) is 4.53. The molecule has 1 rings (SSSR count). The molecule has 13 heavy (non-hydrogen) atoms. The molecule has 0 aliphatic heterocycles. The number of carbonyl (C=O) groups excluding carboxylic acids is 1. The van der Waals surface area contributed by atoms with Crippen LogP contribution in [0.1, 0.15) is 16.1 Å². The standard InChI is InChI=1S/C8H9Cl2NO2/c1-5-6(2-3-13-5)8(12)11-4-7(9)10/h2-3,7H,4H2,1H3,(H,11,12). The number of hydrogen-bond acceptors (Lipinski definition) is 2. The highest BCUT2D eigenvalue weighted by molar-refractivity contribution is 6.44. The van der Waals surface area contributed by atoms with Gasteiger partial charge >= 0.3 is 0 Å². The van der Waals surface area contributed by atoms with E-state index in [9.17, 15) is 4.79 Å². The molecule has 0 aliphatic rings. The van der Waals surface area contributed by atoms with E-state index >= 15 is 0 Å². The molecule has 0 unspecified atom stereocenters. The normalized spacial score (nSPS) is 10.5. The van der Waals surface area contributed by atoms with Crippen LogP contribution in [0.15, 0.2) is 16.7 Å².